The predicted molar refractivity (Wildman–Crippen MR) is 85.2 cm³/mol. The summed E-state index contributed by atoms with van der Waals surface area (Å²) < 4.78 is 5.99. The standard InChI is InChI=1S/C17H34N2O/c1-3-10-18-15-7-5-8-16(13-15)19-11-6-9-17(14-19)20-12-4-2/h15-18H,3-14H2,1-2H3. The van der Waals surface area contributed by atoms with Crippen LogP contribution >= 0.6 is 0 Å². The fourth-order valence-electron chi connectivity index (χ4n) is 3.75. The molecule has 2 rings (SSSR count). The molecule has 2 aliphatic rings. The molecule has 20 heavy (non-hydrogen) atoms. The Hall–Kier alpha value is -0.120. The second-order valence-electron chi connectivity index (χ2n) is 6.60. The minimum atomic E-state index is 0.493. The fourth-order valence-corrected chi connectivity index (χ4v) is 3.75. The second-order valence-corrected chi connectivity index (χ2v) is 6.60. The molecule has 1 saturated heterocycles. The van der Waals surface area contributed by atoms with Crippen molar-refractivity contribution < 1.29 is 4.74 Å². The van der Waals surface area contributed by atoms with Crippen LogP contribution in [0.1, 0.15) is 65.2 Å². The maximum Gasteiger partial charge on any atom is 0.0702 e. The number of piperidine rings is 1. The third-order valence-corrected chi connectivity index (χ3v) is 4.81. The smallest absolute Gasteiger partial charge is 0.0702 e. The van der Waals surface area contributed by atoms with Gasteiger partial charge in [0.15, 0.2) is 0 Å². The van der Waals surface area contributed by atoms with Crippen molar-refractivity contribution in [3.63, 3.8) is 0 Å². The average molecular weight is 282 g/mol. The number of nitrogens with one attached hydrogen (secondary N) is 1. The summed E-state index contributed by atoms with van der Waals surface area (Å²) in [7, 11) is 0. The van der Waals surface area contributed by atoms with Crippen LogP contribution in [-0.2, 0) is 4.74 Å². The van der Waals surface area contributed by atoms with Gasteiger partial charge in [-0.1, -0.05) is 20.3 Å². The summed E-state index contributed by atoms with van der Waals surface area (Å²) >= 11 is 0. The zero-order chi connectivity index (χ0) is 14.2. The SMILES string of the molecule is CCCNC1CCCC(N2CCCC(OCCC)C2)C1. The highest BCUT2D eigenvalue weighted by Gasteiger charge is 2.30. The Morgan fingerprint density at radius 1 is 1.10 bits per heavy atom. The highest BCUT2D eigenvalue weighted by Crippen LogP contribution is 2.26. The van der Waals surface area contributed by atoms with Crippen molar-refractivity contribution in [2.45, 2.75) is 83.4 Å². The van der Waals surface area contributed by atoms with Crippen LogP contribution in [0.3, 0.4) is 0 Å². The first-order valence-corrected chi connectivity index (χ1v) is 8.92. The fraction of sp³-hybridized carbons (Fsp3) is 1.00. The summed E-state index contributed by atoms with van der Waals surface area (Å²) in [4.78, 5) is 2.73. The maximum atomic E-state index is 5.99. The number of ether oxygens (including phenoxy) is 1. The summed E-state index contributed by atoms with van der Waals surface area (Å²) in [5.74, 6) is 0. The molecule has 1 aliphatic carbocycles. The molecule has 3 atom stereocenters. The molecule has 1 heterocycles. The van der Waals surface area contributed by atoms with E-state index in [0.717, 1.165) is 25.1 Å². The molecule has 0 radical (unpaired) electrons. The summed E-state index contributed by atoms with van der Waals surface area (Å²) in [6.45, 7) is 9.03. The summed E-state index contributed by atoms with van der Waals surface area (Å²) in [6, 6.07) is 1.55. The zero-order valence-corrected chi connectivity index (χ0v) is 13.6. The third kappa shape index (κ3) is 5.01. The maximum absolute atomic E-state index is 5.99. The Balaban J connectivity index is 1.77. The highest BCUT2D eigenvalue weighted by molar-refractivity contribution is 4.87. The molecule has 2 fully saturated rings. The van der Waals surface area contributed by atoms with Crippen LogP contribution in [0, 0.1) is 0 Å². The van der Waals surface area contributed by atoms with Gasteiger partial charge >= 0.3 is 0 Å². The van der Waals surface area contributed by atoms with Gasteiger partial charge in [-0.2, -0.15) is 0 Å². The Bertz CT molecular complexity index is 233. The van der Waals surface area contributed by atoms with E-state index in [9.17, 15) is 0 Å². The van der Waals surface area contributed by atoms with Gasteiger partial charge < -0.3 is 10.1 Å². The molecule has 0 spiro atoms. The molecule has 0 amide bonds. The lowest BCUT2D eigenvalue weighted by Crippen LogP contribution is -2.49. The Labute approximate surface area is 125 Å². The lowest BCUT2D eigenvalue weighted by Gasteiger charge is -2.42. The predicted octanol–water partition coefficient (Wildman–Crippen LogP) is 3.19. The van der Waals surface area contributed by atoms with Crippen molar-refractivity contribution in [3.05, 3.63) is 0 Å². The van der Waals surface area contributed by atoms with Crippen LogP contribution < -0.4 is 5.32 Å². The topological polar surface area (TPSA) is 24.5 Å². The van der Waals surface area contributed by atoms with Crippen LogP contribution in [0.25, 0.3) is 0 Å². The van der Waals surface area contributed by atoms with Gasteiger partial charge in [0, 0.05) is 25.2 Å². The molecule has 1 saturated carbocycles. The van der Waals surface area contributed by atoms with Crippen molar-refractivity contribution in [2.24, 2.45) is 0 Å². The van der Waals surface area contributed by atoms with Gasteiger partial charge in [0.1, 0.15) is 0 Å². The molecule has 0 bridgehead atoms. The monoisotopic (exact) mass is 282 g/mol. The van der Waals surface area contributed by atoms with Gasteiger partial charge in [0.25, 0.3) is 0 Å². The molecule has 0 aromatic heterocycles. The highest BCUT2D eigenvalue weighted by atomic mass is 16.5. The van der Waals surface area contributed by atoms with Crippen LogP contribution in [0.4, 0.5) is 0 Å². The molecular formula is C17H34N2O. The van der Waals surface area contributed by atoms with Gasteiger partial charge in [0.05, 0.1) is 6.10 Å². The largest absolute Gasteiger partial charge is 0.377 e. The van der Waals surface area contributed by atoms with Gasteiger partial charge in [0.2, 0.25) is 0 Å². The second kappa shape index (κ2) is 9.01. The van der Waals surface area contributed by atoms with Gasteiger partial charge in [-0.3, -0.25) is 4.90 Å². The first-order valence-electron chi connectivity index (χ1n) is 8.92. The van der Waals surface area contributed by atoms with E-state index in [2.05, 4.69) is 24.1 Å². The Morgan fingerprint density at radius 3 is 2.80 bits per heavy atom. The van der Waals surface area contributed by atoms with Crippen molar-refractivity contribution >= 4 is 0 Å². The number of nitrogens with zero attached hydrogens (tertiary/aromatic N) is 1. The molecular weight excluding hydrogens is 248 g/mol. The van der Waals surface area contributed by atoms with E-state index in [-0.39, 0.29) is 0 Å². The van der Waals surface area contributed by atoms with Crippen LogP contribution in [0.2, 0.25) is 0 Å². The lowest BCUT2D eigenvalue weighted by molar-refractivity contribution is -0.0189. The molecule has 1 aliphatic heterocycles. The van der Waals surface area contributed by atoms with Gasteiger partial charge in [-0.15, -0.1) is 0 Å². The first kappa shape index (κ1) is 16.3. The summed E-state index contributed by atoms with van der Waals surface area (Å²) in [5, 5.41) is 3.73. The normalized spacial score (nSPS) is 32.4. The molecule has 3 nitrogen and oxygen atoms in total. The van der Waals surface area contributed by atoms with Crippen molar-refractivity contribution in [1.82, 2.24) is 10.2 Å². The van der Waals surface area contributed by atoms with E-state index >= 15 is 0 Å². The van der Waals surface area contributed by atoms with Crippen LogP contribution in [0.5, 0.6) is 0 Å². The van der Waals surface area contributed by atoms with E-state index in [0.29, 0.717) is 6.10 Å². The summed E-state index contributed by atoms with van der Waals surface area (Å²) in [5.41, 5.74) is 0. The summed E-state index contributed by atoms with van der Waals surface area (Å²) in [6.07, 6.45) is 11.0. The van der Waals surface area contributed by atoms with Gasteiger partial charge in [-0.25, -0.2) is 0 Å². The molecule has 3 heteroatoms. The minimum Gasteiger partial charge on any atom is -0.377 e. The number of hydrogen-bond acceptors (Lipinski definition) is 3. The van der Waals surface area contributed by atoms with E-state index in [1.165, 1.54) is 64.6 Å². The minimum absolute atomic E-state index is 0.493. The number of likely N-dealkylation sites (tertiary alicyclic amines) is 1. The van der Waals surface area contributed by atoms with Crippen LogP contribution in [0.15, 0.2) is 0 Å². The molecule has 0 aromatic carbocycles. The Morgan fingerprint density at radius 2 is 2.00 bits per heavy atom. The quantitative estimate of drug-likeness (QED) is 0.776. The van der Waals surface area contributed by atoms with E-state index in [1.807, 2.05) is 0 Å². The first-order chi connectivity index (χ1) is 9.83. The lowest BCUT2D eigenvalue weighted by atomic mass is 9.88. The average Bonchev–Trinajstić information content (AvgIpc) is 2.51. The van der Waals surface area contributed by atoms with E-state index < -0.39 is 0 Å². The van der Waals surface area contributed by atoms with E-state index in [1.54, 1.807) is 0 Å². The van der Waals surface area contributed by atoms with Crippen molar-refractivity contribution in [1.29, 1.82) is 0 Å². The Kier molecular flexibility index (Phi) is 7.32. The molecule has 1 N–H and O–H groups in total. The number of hydrogen-bond donors (Lipinski definition) is 1. The molecule has 118 valence electrons. The van der Waals surface area contributed by atoms with Gasteiger partial charge in [-0.05, 0) is 58.0 Å². The van der Waals surface area contributed by atoms with E-state index in [4.69, 9.17) is 4.74 Å². The molecule has 3 unspecified atom stereocenters. The third-order valence-electron chi connectivity index (χ3n) is 4.81. The zero-order valence-electron chi connectivity index (χ0n) is 13.6. The molecule has 0 aromatic rings. The van der Waals surface area contributed by atoms with Crippen molar-refractivity contribution in [3.8, 4) is 0 Å². The van der Waals surface area contributed by atoms with Crippen molar-refractivity contribution in [2.75, 3.05) is 26.2 Å². The van der Waals surface area contributed by atoms with Crippen LogP contribution in [-0.4, -0.2) is 49.3 Å². The number of rotatable bonds is 7.